The van der Waals surface area contributed by atoms with E-state index in [1.165, 1.54) is 31.4 Å². The van der Waals surface area contributed by atoms with Gasteiger partial charge in [0.15, 0.2) is 0 Å². The molecule has 0 spiro atoms. The zero-order chi connectivity index (χ0) is 23.0. The molecule has 0 amide bonds. The number of rotatable bonds is 10. The van der Waals surface area contributed by atoms with Gasteiger partial charge in [-0.05, 0) is 54.8 Å². The number of nitro groups is 1. The summed E-state index contributed by atoms with van der Waals surface area (Å²) in [5.74, 6) is 0.573. The van der Waals surface area contributed by atoms with Crippen LogP contribution in [-0.2, 0) is 16.4 Å². The van der Waals surface area contributed by atoms with Crippen molar-refractivity contribution in [2.45, 2.75) is 17.7 Å². The van der Waals surface area contributed by atoms with Gasteiger partial charge in [-0.25, -0.2) is 8.42 Å². The summed E-state index contributed by atoms with van der Waals surface area (Å²) in [5, 5.41) is 15.5. The van der Waals surface area contributed by atoms with Crippen molar-refractivity contribution < 1.29 is 18.1 Å². The lowest BCUT2D eigenvalue weighted by Crippen LogP contribution is -2.13. The zero-order valence-corrected chi connectivity index (χ0v) is 18.1. The third kappa shape index (κ3) is 6.05. The summed E-state index contributed by atoms with van der Waals surface area (Å²) in [5.41, 5.74) is 3.77. The lowest BCUT2D eigenvalue weighted by Gasteiger charge is -2.10. The first-order valence-corrected chi connectivity index (χ1v) is 11.1. The Labute approximate surface area is 185 Å². The standard InChI is InChI=1S/C22H22N4O5S/c1-31-19-11-9-18(10-12-19)25-32(29,30)20-13-14-21(22(16-20)26(27)28)24-23-15-5-8-17-6-3-2-4-7-17/h2-4,6-7,9-16,24-25H,5,8H2,1H3/b23-15+. The van der Waals surface area contributed by atoms with Gasteiger partial charge in [0.25, 0.3) is 15.7 Å². The Morgan fingerprint density at radius 1 is 1.06 bits per heavy atom. The molecule has 0 atom stereocenters. The highest BCUT2D eigenvalue weighted by molar-refractivity contribution is 7.92. The van der Waals surface area contributed by atoms with E-state index in [9.17, 15) is 18.5 Å². The van der Waals surface area contributed by atoms with Crippen molar-refractivity contribution in [2.75, 3.05) is 17.3 Å². The molecule has 0 unspecified atom stereocenters. The Morgan fingerprint density at radius 2 is 1.78 bits per heavy atom. The van der Waals surface area contributed by atoms with Crippen molar-refractivity contribution in [1.82, 2.24) is 0 Å². The van der Waals surface area contributed by atoms with Crippen LogP contribution in [0.5, 0.6) is 5.75 Å². The van der Waals surface area contributed by atoms with E-state index >= 15 is 0 Å². The number of sulfonamides is 1. The third-order valence-corrected chi connectivity index (χ3v) is 5.88. The number of aryl methyl sites for hydroxylation is 1. The fourth-order valence-electron chi connectivity index (χ4n) is 2.85. The smallest absolute Gasteiger partial charge is 0.295 e. The van der Waals surface area contributed by atoms with Crippen molar-refractivity contribution in [1.29, 1.82) is 0 Å². The molecule has 9 nitrogen and oxygen atoms in total. The molecule has 0 fully saturated rings. The van der Waals surface area contributed by atoms with Crippen LogP contribution in [0.15, 0.2) is 82.8 Å². The number of hydrazone groups is 1. The molecule has 0 aromatic heterocycles. The summed E-state index contributed by atoms with van der Waals surface area (Å²) in [6, 6.07) is 19.7. The van der Waals surface area contributed by atoms with Gasteiger partial charge in [0, 0.05) is 18.0 Å². The minimum Gasteiger partial charge on any atom is -0.497 e. The van der Waals surface area contributed by atoms with E-state index in [0.29, 0.717) is 17.9 Å². The molecule has 3 aromatic rings. The number of benzene rings is 3. The van der Waals surface area contributed by atoms with Gasteiger partial charge in [0.1, 0.15) is 11.4 Å². The van der Waals surface area contributed by atoms with Gasteiger partial charge in [0.05, 0.1) is 16.9 Å². The first-order valence-electron chi connectivity index (χ1n) is 9.66. The first kappa shape index (κ1) is 22.8. The summed E-state index contributed by atoms with van der Waals surface area (Å²) < 4.78 is 32.8. The molecule has 166 valence electrons. The summed E-state index contributed by atoms with van der Waals surface area (Å²) >= 11 is 0. The van der Waals surface area contributed by atoms with E-state index < -0.39 is 20.6 Å². The molecular weight excluding hydrogens is 432 g/mol. The second-order valence-electron chi connectivity index (χ2n) is 6.72. The maximum absolute atomic E-state index is 12.7. The van der Waals surface area contributed by atoms with Gasteiger partial charge in [-0.2, -0.15) is 5.10 Å². The molecule has 2 N–H and O–H groups in total. The first-order chi connectivity index (χ1) is 15.4. The van der Waals surface area contributed by atoms with Crippen molar-refractivity contribution in [2.24, 2.45) is 5.10 Å². The predicted molar refractivity (Wildman–Crippen MR) is 124 cm³/mol. The number of nitrogens with zero attached hydrogens (tertiary/aromatic N) is 2. The van der Waals surface area contributed by atoms with Crippen LogP contribution in [0.25, 0.3) is 0 Å². The van der Waals surface area contributed by atoms with Crippen LogP contribution in [0, 0.1) is 10.1 Å². The Hall–Kier alpha value is -3.92. The van der Waals surface area contributed by atoms with Crippen molar-refractivity contribution in [3.63, 3.8) is 0 Å². The van der Waals surface area contributed by atoms with Gasteiger partial charge >= 0.3 is 0 Å². The molecule has 0 heterocycles. The van der Waals surface area contributed by atoms with Crippen LogP contribution >= 0.6 is 0 Å². The molecular formula is C22H22N4O5S. The Bertz CT molecular complexity index is 1200. The zero-order valence-electron chi connectivity index (χ0n) is 17.3. The average Bonchev–Trinajstić information content (AvgIpc) is 2.79. The summed E-state index contributed by atoms with van der Waals surface area (Å²) in [4.78, 5) is 10.6. The number of nitrogens with one attached hydrogen (secondary N) is 2. The largest absolute Gasteiger partial charge is 0.497 e. The number of ether oxygens (including phenoxy) is 1. The number of anilines is 2. The molecule has 0 bridgehead atoms. The van der Waals surface area contributed by atoms with Crippen LogP contribution in [0.2, 0.25) is 0 Å². The van der Waals surface area contributed by atoms with E-state index in [0.717, 1.165) is 18.1 Å². The number of nitro benzene ring substituents is 1. The maximum Gasteiger partial charge on any atom is 0.295 e. The summed E-state index contributed by atoms with van der Waals surface area (Å²) in [7, 11) is -2.53. The number of hydrogen-bond donors (Lipinski definition) is 2. The molecule has 0 saturated heterocycles. The molecule has 3 rings (SSSR count). The third-order valence-electron chi connectivity index (χ3n) is 4.50. The van der Waals surface area contributed by atoms with Crippen molar-refractivity contribution in [3.8, 4) is 5.75 Å². The van der Waals surface area contributed by atoms with Crippen molar-refractivity contribution >= 4 is 33.3 Å². The van der Waals surface area contributed by atoms with Crippen LogP contribution in [0.1, 0.15) is 12.0 Å². The van der Waals surface area contributed by atoms with E-state index in [1.807, 2.05) is 30.3 Å². The summed E-state index contributed by atoms with van der Waals surface area (Å²) in [6.07, 6.45) is 3.04. The Morgan fingerprint density at radius 3 is 2.44 bits per heavy atom. The van der Waals surface area contributed by atoms with E-state index in [4.69, 9.17) is 4.74 Å². The van der Waals surface area contributed by atoms with Gasteiger partial charge in [-0.15, -0.1) is 0 Å². The van der Waals surface area contributed by atoms with Crippen LogP contribution in [-0.4, -0.2) is 26.7 Å². The Kier molecular flexibility index (Phi) is 7.40. The highest BCUT2D eigenvalue weighted by Gasteiger charge is 2.21. The topological polar surface area (TPSA) is 123 Å². The van der Waals surface area contributed by atoms with Gasteiger partial charge < -0.3 is 4.74 Å². The molecule has 3 aromatic carbocycles. The molecule has 0 aliphatic heterocycles. The molecule has 0 saturated carbocycles. The minimum atomic E-state index is -4.03. The quantitative estimate of drug-likeness (QED) is 0.265. The minimum absolute atomic E-state index is 0.0920. The highest BCUT2D eigenvalue weighted by Crippen LogP contribution is 2.29. The highest BCUT2D eigenvalue weighted by atomic mass is 32.2. The van der Waals surface area contributed by atoms with Gasteiger partial charge in [-0.3, -0.25) is 20.3 Å². The van der Waals surface area contributed by atoms with Crippen LogP contribution in [0.4, 0.5) is 17.1 Å². The van der Waals surface area contributed by atoms with Crippen molar-refractivity contribution in [3.05, 3.63) is 88.5 Å². The second-order valence-corrected chi connectivity index (χ2v) is 8.40. The number of methoxy groups -OCH3 is 1. The molecule has 0 radical (unpaired) electrons. The van der Waals surface area contributed by atoms with E-state index in [2.05, 4.69) is 15.2 Å². The van der Waals surface area contributed by atoms with Gasteiger partial charge in [0.2, 0.25) is 0 Å². The van der Waals surface area contributed by atoms with E-state index in [-0.39, 0.29) is 10.6 Å². The second kappa shape index (κ2) is 10.4. The predicted octanol–water partition coefficient (Wildman–Crippen LogP) is 4.43. The van der Waals surface area contributed by atoms with Gasteiger partial charge in [-0.1, -0.05) is 30.3 Å². The maximum atomic E-state index is 12.7. The van der Waals surface area contributed by atoms with Crippen LogP contribution < -0.4 is 14.9 Å². The van der Waals surface area contributed by atoms with Crippen LogP contribution in [0.3, 0.4) is 0 Å². The molecule has 0 aliphatic rings. The normalized spacial score (nSPS) is 11.3. The lowest BCUT2D eigenvalue weighted by molar-refractivity contribution is -0.384. The summed E-state index contributed by atoms with van der Waals surface area (Å²) in [6.45, 7) is 0. The molecule has 0 aliphatic carbocycles. The molecule has 10 heteroatoms. The fourth-order valence-corrected chi connectivity index (χ4v) is 3.93. The fraction of sp³-hybridized carbons (Fsp3) is 0.136. The Balaban J connectivity index is 1.70. The van der Waals surface area contributed by atoms with E-state index in [1.54, 1.807) is 18.3 Å². The number of hydrogen-bond acceptors (Lipinski definition) is 7. The monoisotopic (exact) mass is 454 g/mol. The average molecular weight is 455 g/mol. The SMILES string of the molecule is COc1ccc(NS(=O)(=O)c2ccc(N/N=C/CCc3ccccc3)c([N+](=O)[O-])c2)cc1. The lowest BCUT2D eigenvalue weighted by atomic mass is 10.1. The molecule has 32 heavy (non-hydrogen) atoms.